The Morgan fingerprint density at radius 2 is 1.56 bits per heavy atom. The maximum atomic E-state index is 12.2. The number of rotatable bonds is 10. The molecule has 0 radical (unpaired) electrons. The van der Waals surface area contributed by atoms with Crippen molar-refractivity contribution < 1.29 is 19.1 Å². The topological polar surface area (TPSA) is 72.5 Å². The third-order valence-electron chi connectivity index (χ3n) is 4.09. The maximum absolute atomic E-state index is 12.2. The first kappa shape index (κ1) is 20.4. The van der Waals surface area contributed by atoms with Crippen molar-refractivity contribution in [2.75, 3.05) is 6.61 Å². The Morgan fingerprint density at radius 3 is 2.19 bits per heavy atom. The average Bonchev–Trinajstić information content (AvgIpc) is 2.69. The molecule has 142 valence electrons. The molecule has 1 amide bonds. The Labute approximate surface area is 159 Å². The second kappa shape index (κ2) is 10.9. The van der Waals surface area contributed by atoms with Crippen LogP contribution in [0, 0.1) is 0 Å². The molecular formula is C22H25NO4. The molecule has 2 rings (SSSR count). The van der Waals surface area contributed by atoms with Gasteiger partial charge >= 0.3 is 5.97 Å². The summed E-state index contributed by atoms with van der Waals surface area (Å²) in [6, 6.07) is 17.7. The molecule has 0 bridgehead atoms. The molecule has 0 aliphatic heterocycles. The van der Waals surface area contributed by atoms with Crippen LogP contribution in [-0.2, 0) is 20.7 Å². The van der Waals surface area contributed by atoms with E-state index in [4.69, 9.17) is 4.74 Å². The van der Waals surface area contributed by atoms with Gasteiger partial charge in [0.2, 0.25) is 5.91 Å². The molecule has 0 saturated heterocycles. The average molecular weight is 367 g/mol. The van der Waals surface area contributed by atoms with Crippen LogP contribution in [0.4, 0.5) is 0 Å². The Bertz CT molecular complexity index is 743. The molecule has 0 aliphatic carbocycles. The number of carbonyl (C=O) groups is 3. The van der Waals surface area contributed by atoms with E-state index < -0.39 is 12.0 Å². The minimum absolute atomic E-state index is 0.00892. The first-order valence-corrected chi connectivity index (χ1v) is 9.18. The predicted molar refractivity (Wildman–Crippen MR) is 103 cm³/mol. The number of ketones is 1. The van der Waals surface area contributed by atoms with E-state index in [1.807, 2.05) is 48.5 Å². The number of carbonyl (C=O) groups excluding carboxylic acids is 3. The molecule has 0 fully saturated rings. The fraction of sp³-hybridized carbons (Fsp3) is 0.318. The normalized spacial score (nSPS) is 11.4. The van der Waals surface area contributed by atoms with Gasteiger partial charge in [0, 0.05) is 24.8 Å². The van der Waals surface area contributed by atoms with Crippen molar-refractivity contribution in [2.45, 2.75) is 38.6 Å². The van der Waals surface area contributed by atoms with Crippen LogP contribution in [0.5, 0.6) is 0 Å². The van der Waals surface area contributed by atoms with Gasteiger partial charge in [-0.2, -0.15) is 0 Å². The lowest BCUT2D eigenvalue weighted by Crippen LogP contribution is -2.43. The quantitative estimate of drug-likeness (QED) is 0.516. The van der Waals surface area contributed by atoms with Crippen molar-refractivity contribution in [1.82, 2.24) is 5.32 Å². The van der Waals surface area contributed by atoms with Crippen LogP contribution in [0.1, 0.15) is 42.1 Å². The van der Waals surface area contributed by atoms with Gasteiger partial charge in [0.25, 0.3) is 0 Å². The van der Waals surface area contributed by atoms with Crippen LogP contribution in [0.25, 0.3) is 0 Å². The van der Waals surface area contributed by atoms with Crippen molar-refractivity contribution >= 4 is 17.7 Å². The predicted octanol–water partition coefficient (Wildman–Crippen LogP) is 3.33. The van der Waals surface area contributed by atoms with E-state index in [2.05, 4.69) is 5.32 Å². The third kappa shape index (κ3) is 7.05. The highest BCUT2D eigenvalue weighted by atomic mass is 16.5. The molecule has 2 aromatic carbocycles. The van der Waals surface area contributed by atoms with Gasteiger partial charge in [-0.15, -0.1) is 0 Å². The molecule has 5 heteroatoms. The van der Waals surface area contributed by atoms with Gasteiger partial charge in [0.15, 0.2) is 5.78 Å². The smallest absolute Gasteiger partial charge is 0.328 e. The van der Waals surface area contributed by atoms with Crippen molar-refractivity contribution in [3.8, 4) is 0 Å². The van der Waals surface area contributed by atoms with E-state index in [-0.39, 0.29) is 24.7 Å². The second-order valence-electron chi connectivity index (χ2n) is 6.20. The minimum Gasteiger partial charge on any atom is -0.464 e. The van der Waals surface area contributed by atoms with Crippen molar-refractivity contribution in [3.63, 3.8) is 0 Å². The van der Waals surface area contributed by atoms with E-state index in [1.165, 1.54) is 0 Å². The summed E-state index contributed by atoms with van der Waals surface area (Å²) in [5.41, 5.74) is 1.58. The molecule has 2 aromatic rings. The molecule has 0 aromatic heterocycles. The molecule has 1 N–H and O–H groups in total. The summed E-state index contributed by atoms with van der Waals surface area (Å²) < 4.78 is 5.07. The zero-order valence-electron chi connectivity index (χ0n) is 15.5. The minimum atomic E-state index is -0.732. The Kier molecular flexibility index (Phi) is 8.23. The lowest BCUT2D eigenvalue weighted by molar-refractivity contribution is -0.147. The lowest BCUT2D eigenvalue weighted by atomic mass is 10.0. The molecule has 27 heavy (non-hydrogen) atoms. The SMILES string of the molecule is CCOC(=O)[C@H](Cc1ccccc1)NC(=O)CCCC(=O)c1ccccc1. The first-order chi connectivity index (χ1) is 13.1. The molecule has 0 unspecified atom stereocenters. The number of ether oxygens (including phenoxy) is 1. The van der Waals surface area contributed by atoms with Crippen LogP contribution in [0.3, 0.4) is 0 Å². The highest BCUT2D eigenvalue weighted by Crippen LogP contribution is 2.08. The van der Waals surface area contributed by atoms with Gasteiger partial charge in [-0.25, -0.2) is 4.79 Å². The fourth-order valence-electron chi connectivity index (χ4n) is 2.73. The Hall–Kier alpha value is -2.95. The van der Waals surface area contributed by atoms with Crippen LogP contribution < -0.4 is 5.32 Å². The number of hydrogen-bond acceptors (Lipinski definition) is 4. The third-order valence-corrected chi connectivity index (χ3v) is 4.09. The summed E-state index contributed by atoms with van der Waals surface area (Å²) in [5, 5.41) is 2.74. The molecule has 0 saturated carbocycles. The number of amides is 1. The van der Waals surface area contributed by atoms with Gasteiger partial charge in [-0.1, -0.05) is 60.7 Å². The van der Waals surface area contributed by atoms with Gasteiger partial charge in [-0.05, 0) is 18.9 Å². The van der Waals surface area contributed by atoms with E-state index in [0.717, 1.165) is 5.56 Å². The van der Waals surface area contributed by atoms with E-state index in [9.17, 15) is 14.4 Å². The van der Waals surface area contributed by atoms with Gasteiger partial charge in [0.1, 0.15) is 6.04 Å². The van der Waals surface area contributed by atoms with Gasteiger partial charge in [0.05, 0.1) is 6.61 Å². The highest BCUT2D eigenvalue weighted by Gasteiger charge is 2.22. The number of nitrogens with one attached hydrogen (secondary N) is 1. The lowest BCUT2D eigenvalue weighted by Gasteiger charge is -2.17. The van der Waals surface area contributed by atoms with Gasteiger partial charge in [-0.3, -0.25) is 9.59 Å². The molecule has 0 heterocycles. The zero-order valence-corrected chi connectivity index (χ0v) is 15.5. The monoisotopic (exact) mass is 367 g/mol. The zero-order chi connectivity index (χ0) is 19.5. The molecule has 0 aliphatic rings. The van der Waals surface area contributed by atoms with Crippen molar-refractivity contribution in [2.24, 2.45) is 0 Å². The first-order valence-electron chi connectivity index (χ1n) is 9.18. The fourth-order valence-corrected chi connectivity index (χ4v) is 2.73. The van der Waals surface area contributed by atoms with E-state index in [0.29, 0.717) is 24.8 Å². The summed E-state index contributed by atoms with van der Waals surface area (Å²) >= 11 is 0. The summed E-state index contributed by atoms with van der Waals surface area (Å²) in [4.78, 5) is 36.5. The van der Waals surface area contributed by atoms with E-state index in [1.54, 1.807) is 19.1 Å². The molecule has 1 atom stereocenters. The largest absolute Gasteiger partial charge is 0.464 e. The number of Topliss-reactive ketones (excluding diaryl/α,β-unsaturated/α-hetero) is 1. The van der Waals surface area contributed by atoms with Crippen LogP contribution >= 0.6 is 0 Å². The maximum Gasteiger partial charge on any atom is 0.328 e. The van der Waals surface area contributed by atoms with Crippen molar-refractivity contribution in [3.05, 3.63) is 71.8 Å². The highest BCUT2D eigenvalue weighted by molar-refractivity contribution is 5.96. The van der Waals surface area contributed by atoms with E-state index >= 15 is 0 Å². The number of esters is 1. The molecule has 5 nitrogen and oxygen atoms in total. The molecular weight excluding hydrogens is 342 g/mol. The summed E-state index contributed by atoms with van der Waals surface area (Å²) in [6.07, 6.45) is 1.28. The summed E-state index contributed by atoms with van der Waals surface area (Å²) in [5.74, 6) is -0.700. The van der Waals surface area contributed by atoms with Crippen LogP contribution in [-0.4, -0.2) is 30.3 Å². The summed E-state index contributed by atoms with van der Waals surface area (Å²) in [6.45, 7) is 1.99. The second-order valence-corrected chi connectivity index (χ2v) is 6.20. The molecule has 0 spiro atoms. The Morgan fingerprint density at radius 1 is 0.926 bits per heavy atom. The number of benzene rings is 2. The summed E-state index contributed by atoms with van der Waals surface area (Å²) in [7, 11) is 0. The van der Waals surface area contributed by atoms with Crippen molar-refractivity contribution in [1.29, 1.82) is 0 Å². The van der Waals surface area contributed by atoms with Crippen LogP contribution in [0.2, 0.25) is 0 Å². The van der Waals surface area contributed by atoms with Gasteiger partial charge < -0.3 is 10.1 Å². The standard InChI is InChI=1S/C22H25NO4/c1-2-27-22(26)19(16-17-10-5-3-6-11-17)23-21(25)15-9-14-20(24)18-12-7-4-8-13-18/h3-8,10-13,19H,2,9,14-16H2,1H3,(H,23,25)/t19-/m0/s1. The Balaban J connectivity index is 1.85. The number of hydrogen-bond donors (Lipinski definition) is 1. The van der Waals surface area contributed by atoms with Crippen LogP contribution in [0.15, 0.2) is 60.7 Å².